The third-order valence-electron chi connectivity index (χ3n) is 2.04. The molecule has 0 bridgehead atoms. The van der Waals surface area contributed by atoms with E-state index in [1.165, 1.54) is 0 Å². The highest BCUT2D eigenvalue weighted by Gasteiger charge is 2.42. The summed E-state index contributed by atoms with van der Waals surface area (Å²) in [4.78, 5) is 1.59. The molecule has 1 aliphatic rings. The van der Waals surface area contributed by atoms with E-state index in [1.54, 1.807) is 11.9 Å². The number of nitrogens with zero attached hydrogens (tertiary/aromatic N) is 1. The topological polar surface area (TPSA) is 94.9 Å². The van der Waals surface area contributed by atoms with Gasteiger partial charge in [-0.2, -0.15) is 8.42 Å². The molecule has 1 fully saturated rings. The van der Waals surface area contributed by atoms with Crippen molar-refractivity contribution in [1.82, 2.24) is 4.90 Å². The highest BCUT2D eigenvalue weighted by Crippen LogP contribution is 2.19. The predicted octanol–water partition coefficient (Wildman–Crippen LogP) is -1.22. The van der Waals surface area contributed by atoms with Gasteiger partial charge in [-0.15, -0.1) is 0 Å². The van der Waals surface area contributed by atoms with Crippen LogP contribution in [0.15, 0.2) is 0 Å². The van der Waals surface area contributed by atoms with Gasteiger partial charge < -0.3 is 9.45 Å². The molecule has 0 aromatic heterocycles. The van der Waals surface area contributed by atoms with Crippen molar-refractivity contribution in [1.29, 1.82) is 0 Å². The molecule has 2 N–H and O–H groups in total. The number of hydrogen-bond donors (Lipinski definition) is 2. The largest absolute Gasteiger partial charge is 0.306 e. The molecule has 1 saturated heterocycles. The van der Waals surface area contributed by atoms with E-state index in [-0.39, 0.29) is 13.1 Å². The summed E-state index contributed by atoms with van der Waals surface area (Å²) in [5, 5.41) is -2.07. The monoisotopic (exact) mass is 229 g/mol. The number of rotatable bonds is 2. The van der Waals surface area contributed by atoms with Crippen LogP contribution in [0.2, 0.25) is 0 Å². The molecule has 0 saturated carbocycles. The van der Waals surface area contributed by atoms with Crippen molar-refractivity contribution in [3.63, 3.8) is 0 Å². The van der Waals surface area contributed by atoms with Crippen molar-refractivity contribution in [3.8, 4) is 0 Å². The maximum Gasteiger partial charge on any atom is 0.270 e. The molecule has 3 unspecified atom stereocenters. The normalized spacial score (nSPS) is 33.5. The van der Waals surface area contributed by atoms with Crippen molar-refractivity contribution in [2.45, 2.75) is 10.5 Å². The lowest BCUT2D eigenvalue weighted by atomic mass is 10.4. The van der Waals surface area contributed by atoms with Crippen LogP contribution < -0.4 is 0 Å². The minimum absolute atomic E-state index is 0.0931. The first-order chi connectivity index (χ1) is 5.82. The van der Waals surface area contributed by atoms with Gasteiger partial charge in [-0.3, -0.25) is 4.55 Å². The standard InChI is InChI=1S/C5H11NO5S2/c1-6-2-4(12(7)8)5(3-6)13(9,10)11/h4-5H,2-3H2,1H3,(H,7,8)(H,9,10,11). The second kappa shape index (κ2) is 3.62. The van der Waals surface area contributed by atoms with Crippen LogP contribution in [-0.2, 0) is 21.2 Å². The zero-order chi connectivity index (χ0) is 10.2. The van der Waals surface area contributed by atoms with Crippen LogP contribution in [0.4, 0.5) is 0 Å². The van der Waals surface area contributed by atoms with Gasteiger partial charge >= 0.3 is 0 Å². The lowest BCUT2D eigenvalue weighted by Gasteiger charge is -2.10. The molecule has 3 atom stereocenters. The van der Waals surface area contributed by atoms with Gasteiger partial charge in [0.2, 0.25) is 0 Å². The number of hydrogen-bond acceptors (Lipinski definition) is 4. The summed E-state index contributed by atoms with van der Waals surface area (Å²) in [7, 11) is -2.59. The third kappa shape index (κ3) is 2.47. The average Bonchev–Trinajstić information content (AvgIpc) is 2.29. The molecular weight excluding hydrogens is 218 g/mol. The first-order valence-corrected chi connectivity index (χ1v) is 6.24. The molecule has 0 amide bonds. The molecule has 1 rings (SSSR count). The van der Waals surface area contributed by atoms with Crippen molar-refractivity contribution >= 4 is 21.2 Å². The fraction of sp³-hybridized carbons (Fsp3) is 1.00. The smallest absolute Gasteiger partial charge is 0.270 e. The van der Waals surface area contributed by atoms with Gasteiger partial charge in [0.05, 0.1) is 5.25 Å². The molecule has 78 valence electrons. The van der Waals surface area contributed by atoms with Gasteiger partial charge in [-0.25, -0.2) is 4.21 Å². The molecule has 1 aliphatic heterocycles. The minimum atomic E-state index is -4.22. The van der Waals surface area contributed by atoms with E-state index < -0.39 is 31.7 Å². The van der Waals surface area contributed by atoms with Crippen molar-refractivity contribution in [3.05, 3.63) is 0 Å². The van der Waals surface area contributed by atoms with Crippen molar-refractivity contribution in [2.75, 3.05) is 20.1 Å². The molecule has 8 heteroatoms. The molecule has 0 aliphatic carbocycles. The molecule has 13 heavy (non-hydrogen) atoms. The third-order valence-corrected chi connectivity index (χ3v) is 4.45. The summed E-state index contributed by atoms with van der Waals surface area (Å²) < 4.78 is 49.8. The summed E-state index contributed by atoms with van der Waals surface area (Å²) in [6, 6.07) is 0. The highest BCUT2D eigenvalue weighted by atomic mass is 32.2. The van der Waals surface area contributed by atoms with E-state index in [2.05, 4.69) is 0 Å². The molecule has 0 aromatic carbocycles. The summed E-state index contributed by atoms with van der Waals surface area (Å²) in [5.41, 5.74) is 0. The van der Waals surface area contributed by atoms with Gasteiger partial charge in [0, 0.05) is 13.1 Å². The Morgan fingerprint density at radius 1 is 1.46 bits per heavy atom. The first-order valence-electron chi connectivity index (χ1n) is 3.57. The Kier molecular flexibility index (Phi) is 3.08. The predicted molar refractivity (Wildman–Crippen MR) is 47.4 cm³/mol. The Balaban J connectivity index is 2.91. The molecular formula is C5H11NO5S2. The molecule has 0 spiro atoms. The van der Waals surface area contributed by atoms with Crippen LogP contribution in [0, 0.1) is 0 Å². The maximum absolute atomic E-state index is 10.8. The number of likely N-dealkylation sites (tertiary alicyclic amines) is 1. The fourth-order valence-electron chi connectivity index (χ4n) is 1.40. The Labute approximate surface area is 79.0 Å². The van der Waals surface area contributed by atoms with Crippen LogP contribution in [0.5, 0.6) is 0 Å². The Morgan fingerprint density at radius 2 is 2.00 bits per heavy atom. The first kappa shape index (κ1) is 11.1. The van der Waals surface area contributed by atoms with Crippen LogP contribution in [0.3, 0.4) is 0 Å². The Morgan fingerprint density at radius 3 is 2.31 bits per heavy atom. The second-order valence-electron chi connectivity index (χ2n) is 3.09. The van der Waals surface area contributed by atoms with Gasteiger partial charge in [-0.05, 0) is 7.05 Å². The summed E-state index contributed by atoms with van der Waals surface area (Å²) in [5.74, 6) is 0. The van der Waals surface area contributed by atoms with E-state index in [4.69, 9.17) is 9.11 Å². The van der Waals surface area contributed by atoms with E-state index in [0.29, 0.717) is 0 Å². The summed E-state index contributed by atoms with van der Waals surface area (Å²) in [6.45, 7) is 0.295. The Hall–Kier alpha value is -0.0200. The van der Waals surface area contributed by atoms with E-state index >= 15 is 0 Å². The molecule has 6 nitrogen and oxygen atoms in total. The van der Waals surface area contributed by atoms with Crippen molar-refractivity contribution in [2.24, 2.45) is 0 Å². The van der Waals surface area contributed by atoms with Crippen LogP contribution in [0.1, 0.15) is 0 Å². The van der Waals surface area contributed by atoms with Gasteiger partial charge in [-0.1, -0.05) is 0 Å². The van der Waals surface area contributed by atoms with E-state index in [0.717, 1.165) is 0 Å². The van der Waals surface area contributed by atoms with E-state index in [1.807, 2.05) is 0 Å². The van der Waals surface area contributed by atoms with Gasteiger partial charge in [0.1, 0.15) is 5.25 Å². The van der Waals surface area contributed by atoms with Crippen LogP contribution in [-0.4, -0.2) is 57.3 Å². The van der Waals surface area contributed by atoms with Gasteiger partial charge in [0.25, 0.3) is 10.1 Å². The van der Waals surface area contributed by atoms with Crippen LogP contribution in [0.25, 0.3) is 0 Å². The lowest BCUT2D eigenvalue weighted by Crippen LogP contribution is -2.35. The maximum atomic E-state index is 10.8. The quantitative estimate of drug-likeness (QED) is 0.455. The summed E-state index contributed by atoms with van der Waals surface area (Å²) >= 11 is -2.22. The molecule has 1 heterocycles. The second-order valence-corrected chi connectivity index (χ2v) is 5.88. The average molecular weight is 229 g/mol. The van der Waals surface area contributed by atoms with E-state index in [9.17, 15) is 12.6 Å². The lowest BCUT2D eigenvalue weighted by molar-refractivity contribution is 0.410. The highest BCUT2D eigenvalue weighted by molar-refractivity contribution is 7.88. The van der Waals surface area contributed by atoms with Gasteiger partial charge in [0.15, 0.2) is 11.1 Å². The fourth-order valence-corrected chi connectivity index (χ4v) is 3.75. The summed E-state index contributed by atoms with van der Waals surface area (Å²) in [6.07, 6.45) is 0. The zero-order valence-corrected chi connectivity index (χ0v) is 8.58. The molecule has 0 radical (unpaired) electrons. The SMILES string of the molecule is CN1CC(S(=O)O)C(S(=O)(=O)O)C1. The minimum Gasteiger partial charge on any atom is -0.306 e. The Bertz CT molecular complexity index is 313. The zero-order valence-electron chi connectivity index (χ0n) is 6.95. The molecule has 0 aromatic rings. The van der Waals surface area contributed by atoms with Crippen LogP contribution >= 0.6 is 0 Å². The van der Waals surface area contributed by atoms with Crippen molar-refractivity contribution < 1.29 is 21.7 Å².